The molecule has 5 nitrogen and oxygen atoms in total. The van der Waals surface area contributed by atoms with Gasteiger partial charge in [-0.1, -0.05) is 36.4 Å². The van der Waals surface area contributed by atoms with Crippen molar-refractivity contribution in [3.8, 4) is 23.0 Å². The van der Waals surface area contributed by atoms with Crippen molar-refractivity contribution >= 4 is 11.9 Å². The van der Waals surface area contributed by atoms with Crippen LogP contribution in [0, 0.1) is 0 Å². The summed E-state index contributed by atoms with van der Waals surface area (Å²) < 4.78 is 22.2. The van der Waals surface area contributed by atoms with E-state index in [0.717, 1.165) is 11.1 Å². The van der Waals surface area contributed by atoms with Crippen molar-refractivity contribution in [2.45, 2.75) is 6.61 Å². The SMILES string of the molecule is COc1ccc(/C=C2/Oc3cc(OCc4ccccc4)ccc3C2=O)cc1OC. The van der Waals surface area contributed by atoms with Gasteiger partial charge in [-0.15, -0.1) is 0 Å². The number of hydrogen-bond acceptors (Lipinski definition) is 5. The van der Waals surface area contributed by atoms with E-state index in [1.807, 2.05) is 36.4 Å². The molecule has 1 aliphatic heterocycles. The lowest BCUT2D eigenvalue weighted by atomic mass is 10.1. The molecule has 0 amide bonds. The third-order valence-electron chi connectivity index (χ3n) is 4.60. The summed E-state index contributed by atoms with van der Waals surface area (Å²) in [5.41, 5.74) is 2.36. The van der Waals surface area contributed by atoms with Gasteiger partial charge in [0.2, 0.25) is 5.78 Å². The number of fused-ring (bicyclic) bond motifs is 1. The van der Waals surface area contributed by atoms with Gasteiger partial charge in [-0.2, -0.15) is 0 Å². The van der Waals surface area contributed by atoms with Crippen molar-refractivity contribution in [1.29, 1.82) is 0 Å². The fraction of sp³-hybridized carbons (Fsp3) is 0.125. The second-order valence-corrected chi connectivity index (χ2v) is 6.49. The molecular weight excluding hydrogens is 368 g/mol. The third kappa shape index (κ3) is 3.94. The van der Waals surface area contributed by atoms with Crippen LogP contribution in [0.5, 0.6) is 23.0 Å². The highest BCUT2D eigenvalue weighted by atomic mass is 16.5. The van der Waals surface area contributed by atoms with Crippen LogP contribution >= 0.6 is 0 Å². The van der Waals surface area contributed by atoms with Gasteiger partial charge in [0.25, 0.3) is 0 Å². The molecule has 0 radical (unpaired) electrons. The van der Waals surface area contributed by atoms with Gasteiger partial charge in [-0.25, -0.2) is 0 Å². The van der Waals surface area contributed by atoms with Crippen molar-refractivity contribution < 1.29 is 23.7 Å². The Bertz CT molecular complexity index is 1070. The van der Waals surface area contributed by atoms with Gasteiger partial charge in [0.15, 0.2) is 17.3 Å². The maximum atomic E-state index is 12.7. The Morgan fingerprint density at radius 3 is 2.45 bits per heavy atom. The van der Waals surface area contributed by atoms with E-state index in [1.54, 1.807) is 50.6 Å². The van der Waals surface area contributed by atoms with Crippen LogP contribution in [0.2, 0.25) is 0 Å². The minimum atomic E-state index is -0.163. The quantitative estimate of drug-likeness (QED) is 0.562. The number of ether oxygens (including phenoxy) is 4. The number of hydrogen-bond donors (Lipinski definition) is 0. The molecular formula is C24H20O5. The molecule has 3 aromatic rings. The predicted molar refractivity (Wildman–Crippen MR) is 110 cm³/mol. The molecule has 0 fully saturated rings. The Hall–Kier alpha value is -3.73. The van der Waals surface area contributed by atoms with Crippen LogP contribution in [0.25, 0.3) is 6.08 Å². The fourth-order valence-corrected chi connectivity index (χ4v) is 3.09. The van der Waals surface area contributed by atoms with Crippen molar-refractivity contribution in [3.63, 3.8) is 0 Å². The lowest BCUT2D eigenvalue weighted by Gasteiger charge is -2.08. The van der Waals surface area contributed by atoms with E-state index in [1.165, 1.54) is 0 Å². The van der Waals surface area contributed by atoms with Gasteiger partial charge >= 0.3 is 0 Å². The van der Waals surface area contributed by atoms with Crippen LogP contribution in [0.15, 0.2) is 72.5 Å². The lowest BCUT2D eigenvalue weighted by molar-refractivity contribution is 0.101. The van der Waals surface area contributed by atoms with Crippen LogP contribution in [0.3, 0.4) is 0 Å². The lowest BCUT2D eigenvalue weighted by Crippen LogP contribution is -1.98. The maximum absolute atomic E-state index is 12.7. The minimum Gasteiger partial charge on any atom is -0.493 e. The number of carbonyl (C=O) groups is 1. The Labute approximate surface area is 169 Å². The van der Waals surface area contributed by atoms with Crippen LogP contribution in [-0.2, 0) is 6.61 Å². The first kappa shape index (κ1) is 18.6. The Morgan fingerprint density at radius 1 is 0.897 bits per heavy atom. The molecule has 1 aliphatic rings. The van der Waals surface area contributed by atoms with Crippen LogP contribution < -0.4 is 18.9 Å². The van der Waals surface area contributed by atoms with E-state index < -0.39 is 0 Å². The summed E-state index contributed by atoms with van der Waals surface area (Å²) in [6.45, 7) is 0.446. The molecule has 0 spiro atoms. The standard InChI is InChI=1S/C24H20O5/c1-26-20-11-8-17(12-22(20)27-2)13-23-24(25)19-10-9-18(14-21(19)29-23)28-15-16-6-4-3-5-7-16/h3-14H,15H2,1-2H3/b23-13+. The summed E-state index contributed by atoms with van der Waals surface area (Å²) in [5, 5.41) is 0. The molecule has 4 rings (SSSR count). The van der Waals surface area contributed by atoms with Gasteiger partial charge < -0.3 is 18.9 Å². The molecule has 3 aromatic carbocycles. The number of rotatable bonds is 6. The molecule has 0 bridgehead atoms. The van der Waals surface area contributed by atoms with E-state index in [0.29, 0.717) is 35.2 Å². The van der Waals surface area contributed by atoms with E-state index in [-0.39, 0.29) is 11.5 Å². The Kier molecular flexibility index (Phi) is 5.20. The molecule has 0 saturated heterocycles. The van der Waals surface area contributed by atoms with Gasteiger partial charge in [-0.3, -0.25) is 4.79 Å². The molecule has 0 saturated carbocycles. The fourth-order valence-electron chi connectivity index (χ4n) is 3.09. The van der Waals surface area contributed by atoms with Crippen LogP contribution in [0.1, 0.15) is 21.5 Å². The Balaban J connectivity index is 1.53. The monoisotopic (exact) mass is 388 g/mol. The molecule has 1 heterocycles. The topological polar surface area (TPSA) is 54.0 Å². The van der Waals surface area contributed by atoms with Crippen LogP contribution in [-0.4, -0.2) is 20.0 Å². The second kappa shape index (κ2) is 8.10. The zero-order valence-electron chi connectivity index (χ0n) is 16.2. The zero-order valence-corrected chi connectivity index (χ0v) is 16.2. The number of carbonyl (C=O) groups excluding carboxylic acids is 1. The molecule has 0 N–H and O–H groups in total. The summed E-state index contributed by atoms with van der Waals surface area (Å²) in [7, 11) is 3.15. The largest absolute Gasteiger partial charge is 0.493 e. The van der Waals surface area contributed by atoms with E-state index in [2.05, 4.69) is 0 Å². The van der Waals surface area contributed by atoms with Gasteiger partial charge in [0.05, 0.1) is 19.8 Å². The normalized spacial score (nSPS) is 13.7. The number of allylic oxidation sites excluding steroid dienone is 1. The second-order valence-electron chi connectivity index (χ2n) is 6.49. The maximum Gasteiger partial charge on any atom is 0.231 e. The molecule has 0 unspecified atom stereocenters. The van der Waals surface area contributed by atoms with Crippen molar-refractivity contribution in [1.82, 2.24) is 0 Å². The van der Waals surface area contributed by atoms with Crippen LogP contribution in [0.4, 0.5) is 0 Å². The first-order valence-electron chi connectivity index (χ1n) is 9.15. The number of Topliss-reactive ketones (excluding diaryl/α,β-unsaturated/α-hetero) is 1. The first-order chi connectivity index (χ1) is 14.2. The average Bonchev–Trinajstić information content (AvgIpc) is 3.07. The molecule has 29 heavy (non-hydrogen) atoms. The molecule has 0 aromatic heterocycles. The van der Waals surface area contributed by atoms with Gasteiger partial charge in [-0.05, 0) is 41.5 Å². The number of benzene rings is 3. The summed E-state index contributed by atoms with van der Waals surface area (Å²) in [6, 6.07) is 20.6. The smallest absolute Gasteiger partial charge is 0.231 e. The van der Waals surface area contributed by atoms with Crippen molar-refractivity contribution in [2.75, 3.05) is 14.2 Å². The van der Waals surface area contributed by atoms with E-state index >= 15 is 0 Å². The number of ketones is 1. The van der Waals surface area contributed by atoms with Crippen molar-refractivity contribution in [2.24, 2.45) is 0 Å². The van der Waals surface area contributed by atoms with Crippen molar-refractivity contribution in [3.05, 3.63) is 89.2 Å². The molecule has 5 heteroatoms. The highest BCUT2D eigenvalue weighted by Gasteiger charge is 2.27. The summed E-state index contributed by atoms with van der Waals surface area (Å²) >= 11 is 0. The average molecular weight is 388 g/mol. The zero-order chi connectivity index (χ0) is 20.2. The predicted octanol–water partition coefficient (Wildman–Crippen LogP) is 4.90. The highest BCUT2D eigenvalue weighted by Crippen LogP contribution is 2.36. The number of methoxy groups -OCH3 is 2. The van der Waals surface area contributed by atoms with Gasteiger partial charge in [0, 0.05) is 6.07 Å². The van der Waals surface area contributed by atoms with E-state index in [4.69, 9.17) is 18.9 Å². The Morgan fingerprint density at radius 2 is 1.69 bits per heavy atom. The van der Waals surface area contributed by atoms with Gasteiger partial charge in [0.1, 0.15) is 18.1 Å². The summed E-state index contributed by atoms with van der Waals surface area (Å²) in [5.74, 6) is 2.44. The minimum absolute atomic E-state index is 0.163. The molecule has 0 atom stereocenters. The molecule has 0 aliphatic carbocycles. The highest BCUT2D eigenvalue weighted by molar-refractivity contribution is 6.14. The first-order valence-corrected chi connectivity index (χ1v) is 9.15. The summed E-state index contributed by atoms with van der Waals surface area (Å²) in [4.78, 5) is 12.7. The van der Waals surface area contributed by atoms with E-state index in [9.17, 15) is 4.79 Å². The molecule has 146 valence electrons. The third-order valence-corrected chi connectivity index (χ3v) is 4.60. The summed E-state index contributed by atoms with van der Waals surface area (Å²) in [6.07, 6.45) is 1.69.